The third-order valence-electron chi connectivity index (χ3n) is 1.79. The van der Waals surface area contributed by atoms with Gasteiger partial charge in [-0.2, -0.15) is 0 Å². The number of fused-ring (bicyclic) bond motifs is 2. The van der Waals surface area contributed by atoms with E-state index < -0.39 is 0 Å². The van der Waals surface area contributed by atoms with Crippen molar-refractivity contribution in [3.05, 3.63) is 11.6 Å². The van der Waals surface area contributed by atoms with Gasteiger partial charge in [-0.3, -0.25) is 0 Å². The SMILES string of the molecule is Nc1[nH]c2nc3nc(nc1-3)C=C2. The van der Waals surface area contributed by atoms with E-state index in [2.05, 4.69) is 19.9 Å². The van der Waals surface area contributed by atoms with Crippen molar-refractivity contribution in [1.82, 2.24) is 19.9 Å². The minimum absolute atomic E-state index is 0.526. The maximum Gasteiger partial charge on any atom is 0.186 e. The van der Waals surface area contributed by atoms with Crippen molar-refractivity contribution in [3.8, 4) is 11.5 Å². The fourth-order valence-electron chi connectivity index (χ4n) is 1.26. The zero-order chi connectivity index (χ0) is 8.13. The van der Waals surface area contributed by atoms with Crippen molar-refractivity contribution >= 4 is 18.0 Å². The Morgan fingerprint density at radius 2 is 2.08 bits per heavy atom. The van der Waals surface area contributed by atoms with Crippen molar-refractivity contribution in [2.75, 3.05) is 5.73 Å². The maximum absolute atomic E-state index is 5.67. The van der Waals surface area contributed by atoms with Gasteiger partial charge in [0.25, 0.3) is 0 Å². The number of nitrogen functional groups attached to an aromatic ring is 1. The van der Waals surface area contributed by atoms with Gasteiger partial charge in [-0.1, -0.05) is 0 Å². The third kappa shape index (κ3) is 0.554. The topological polar surface area (TPSA) is 80.5 Å². The largest absolute Gasteiger partial charge is 0.383 e. The van der Waals surface area contributed by atoms with Gasteiger partial charge in [0.2, 0.25) is 0 Å². The van der Waals surface area contributed by atoms with E-state index in [1.54, 1.807) is 12.2 Å². The maximum atomic E-state index is 5.67. The van der Waals surface area contributed by atoms with Gasteiger partial charge in [0.05, 0.1) is 0 Å². The highest BCUT2D eigenvalue weighted by atomic mass is 15.1. The highest BCUT2D eigenvalue weighted by Crippen LogP contribution is 2.25. The van der Waals surface area contributed by atoms with Crippen LogP contribution in [0.15, 0.2) is 0 Å². The number of anilines is 1. The smallest absolute Gasteiger partial charge is 0.186 e. The number of imidazole rings is 1. The fraction of sp³-hybridized carbons (Fsp3) is 0. The van der Waals surface area contributed by atoms with Crippen LogP contribution in [0.4, 0.5) is 5.82 Å². The normalized spacial score (nSPS) is 13.0. The second-order valence-corrected chi connectivity index (χ2v) is 2.62. The second kappa shape index (κ2) is 1.63. The summed E-state index contributed by atoms with van der Waals surface area (Å²) in [6.45, 7) is 0. The quantitative estimate of drug-likeness (QED) is 0.496. The predicted molar refractivity (Wildman–Crippen MR) is 44.1 cm³/mol. The molecule has 0 aromatic carbocycles. The Labute approximate surface area is 67.7 Å². The average Bonchev–Trinajstić information content (AvgIpc) is 2.33. The number of aromatic nitrogens is 4. The molecule has 0 amide bonds. The van der Waals surface area contributed by atoms with Gasteiger partial charge in [-0.15, -0.1) is 0 Å². The van der Waals surface area contributed by atoms with Gasteiger partial charge in [0.1, 0.15) is 11.6 Å². The summed E-state index contributed by atoms with van der Waals surface area (Å²) in [4.78, 5) is 15.4. The standard InChI is InChI=1S/C7H5N5/c8-6-5-7-11-3(9-5)1-2-4(10-6)12-7/h1-2H,(H3,8,9,10,11,12). The minimum atomic E-state index is 0.526. The summed E-state index contributed by atoms with van der Waals surface area (Å²) in [5.41, 5.74) is 6.32. The Morgan fingerprint density at radius 1 is 1.17 bits per heavy atom. The van der Waals surface area contributed by atoms with E-state index in [4.69, 9.17) is 5.73 Å². The average molecular weight is 159 g/mol. The van der Waals surface area contributed by atoms with Crippen LogP contribution >= 0.6 is 0 Å². The summed E-state index contributed by atoms with van der Waals surface area (Å²) >= 11 is 0. The van der Waals surface area contributed by atoms with Crippen LogP contribution in [0.2, 0.25) is 0 Å². The Morgan fingerprint density at radius 3 is 3.00 bits per heavy atom. The lowest BCUT2D eigenvalue weighted by atomic mass is 10.3. The Balaban J connectivity index is 2.58. The molecule has 0 saturated carbocycles. The van der Waals surface area contributed by atoms with Crippen molar-refractivity contribution in [2.45, 2.75) is 0 Å². The van der Waals surface area contributed by atoms with E-state index in [-0.39, 0.29) is 0 Å². The zero-order valence-electron chi connectivity index (χ0n) is 6.07. The number of aromatic amines is 1. The minimum Gasteiger partial charge on any atom is -0.383 e. The molecule has 3 rings (SSSR count). The van der Waals surface area contributed by atoms with Crippen LogP contribution in [0.1, 0.15) is 11.6 Å². The first kappa shape index (κ1) is 5.70. The van der Waals surface area contributed by atoms with Gasteiger partial charge in [0, 0.05) is 0 Å². The number of rotatable bonds is 0. The molecule has 12 heavy (non-hydrogen) atoms. The van der Waals surface area contributed by atoms with E-state index in [0.717, 1.165) is 5.82 Å². The highest BCUT2D eigenvalue weighted by molar-refractivity contribution is 5.75. The van der Waals surface area contributed by atoms with Gasteiger partial charge in [0.15, 0.2) is 17.3 Å². The molecule has 0 aromatic heterocycles. The Kier molecular flexibility index (Phi) is 0.776. The zero-order valence-corrected chi connectivity index (χ0v) is 6.07. The molecular weight excluding hydrogens is 154 g/mol. The summed E-state index contributed by atoms with van der Waals surface area (Å²) in [6.07, 6.45) is 3.61. The fourth-order valence-corrected chi connectivity index (χ4v) is 1.26. The van der Waals surface area contributed by atoms with Crippen molar-refractivity contribution in [3.63, 3.8) is 0 Å². The Hall–Kier alpha value is -1.91. The predicted octanol–water partition coefficient (Wildman–Crippen LogP) is 0.370. The van der Waals surface area contributed by atoms with E-state index in [1.807, 2.05) is 0 Å². The van der Waals surface area contributed by atoms with Crippen LogP contribution in [0.25, 0.3) is 23.7 Å². The van der Waals surface area contributed by atoms with Crippen LogP contribution in [-0.2, 0) is 0 Å². The molecule has 0 radical (unpaired) electrons. The number of H-pyrrole nitrogens is 1. The Bertz CT molecular complexity index is 455. The molecule has 5 nitrogen and oxygen atoms in total. The molecule has 3 N–H and O–H groups in total. The van der Waals surface area contributed by atoms with Crippen LogP contribution in [-0.4, -0.2) is 19.9 Å². The molecule has 3 aliphatic rings. The molecule has 0 saturated heterocycles. The van der Waals surface area contributed by atoms with Crippen molar-refractivity contribution in [2.24, 2.45) is 0 Å². The monoisotopic (exact) mass is 159 g/mol. The first-order valence-electron chi connectivity index (χ1n) is 3.54. The molecule has 0 aliphatic carbocycles. The summed E-state index contributed by atoms with van der Waals surface area (Å²) in [6, 6.07) is 0. The van der Waals surface area contributed by atoms with Crippen molar-refractivity contribution < 1.29 is 0 Å². The summed E-state index contributed by atoms with van der Waals surface area (Å²) in [5.74, 6) is 2.53. The molecule has 0 unspecified atom stereocenters. The van der Waals surface area contributed by atoms with E-state index in [9.17, 15) is 0 Å². The lowest BCUT2D eigenvalue weighted by Gasteiger charge is -2.02. The third-order valence-corrected chi connectivity index (χ3v) is 1.79. The summed E-state index contributed by atoms with van der Waals surface area (Å²) < 4.78 is 0. The van der Waals surface area contributed by atoms with Crippen molar-refractivity contribution in [1.29, 1.82) is 0 Å². The summed E-state index contributed by atoms with van der Waals surface area (Å²) in [7, 11) is 0. The van der Waals surface area contributed by atoms with E-state index >= 15 is 0 Å². The highest BCUT2D eigenvalue weighted by Gasteiger charge is 2.17. The lowest BCUT2D eigenvalue weighted by Crippen LogP contribution is -2.01. The summed E-state index contributed by atoms with van der Waals surface area (Å²) in [5, 5.41) is 0. The number of nitrogens with two attached hydrogens (primary N) is 1. The number of nitrogens with zero attached hydrogens (tertiary/aromatic N) is 3. The molecule has 0 aromatic rings. The lowest BCUT2D eigenvalue weighted by molar-refractivity contribution is 1.11. The molecule has 58 valence electrons. The molecule has 5 heteroatoms. The van der Waals surface area contributed by atoms with Gasteiger partial charge >= 0.3 is 0 Å². The molecule has 3 heterocycles. The van der Waals surface area contributed by atoms with Gasteiger partial charge < -0.3 is 10.7 Å². The van der Waals surface area contributed by atoms with Crippen LogP contribution < -0.4 is 5.73 Å². The molecule has 0 fully saturated rings. The van der Waals surface area contributed by atoms with Gasteiger partial charge in [-0.05, 0) is 12.2 Å². The molecule has 3 bridgehead atoms. The number of hydrogen-bond acceptors (Lipinski definition) is 4. The first-order chi connectivity index (χ1) is 5.83. The van der Waals surface area contributed by atoms with E-state index in [1.165, 1.54) is 0 Å². The molecular formula is C7H5N5. The number of nitrogens with one attached hydrogen (secondary N) is 1. The number of hydrogen-bond donors (Lipinski definition) is 2. The molecule has 3 aliphatic heterocycles. The van der Waals surface area contributed by atoms with E-state index in [0.29, 0.717) is 23.2 Å². The van der Waals surface area contributed by atoms with Crippen LogP contribution in [0.3, 0.4) is 0 Å². The molecule has 0 spiro atoms. The second-order valence-electron chi connectivity index (χ2n) is 2.62. The molecule has 0 atom stereocenters. The van der Waals surface area contributed by atoms with Crippen LogP contribution in [0, 0.1) is 0 Å². The first-order valence-corrected chi connectivity index (χ1v) is 3.54. The van der Waals surface area contributed by atoms with Crippen LogP contribution in [0.5, 0.6) is 0 Å². The van der Waals surface area contributed by atoms with Gasteiger partial charge in [-0.25, -0.2) is 15.0 Å².